The zero-order valence-electron chi connectivity index (χ0n) is 39.6. The number of para-hydroxylation sites is 1. The molecule has 11 aromatic carbocycles. The highest BCUT2D eigenvalue weighted by atomic mass is 16.5. The molecule has 72 heavy (non-hydrogen) atoms. The van der Waals surface area contributed by atoms with Gasteiger partial charge < -0.3 is 9.64 Å². The van der Waals surface area contributed by atoms with Crippen LogP contribution in [0.2, 0.25) is 0 Å². The average Bonchev–Trinajstić information content (AvgIpc) is 3.92. The molecule has 1 heterocycles. The molecule has 4 aliphatic rings. The van der Waals surface area contributed by atoms with E-state index >= 15 is 0 Å². The first-order valence-electron chi connectivity index (χ1n) is 25.3. The molecule has 1 atom stereocenters. The molecule has 0 amide bonds. The van der Waals surface area contributed by atoms with Gasteiger partial charge in [-0.2, -0.15) is 0 Å². The fourth-order valence-electron chi connectivity index (χ4n) is 13.2. The third kappa shape index (κ3) is 5.66. The van der Waals surface area contributed by atoms with Gasteiger partial charge in [-0.25, -0.2) is 0 Å². The van der Waals surface area contributed by atoms with Crippen molar-refractivity contribution in [2.45, 2.75) is 23.7 Å². The summed E-state index contributed by atoms with van der Waals surface area (Å²) in [4.78, 5) is 2.42. The second-order valence-electron chi connectivity index (χ2n) is 19.7. The highest BCUT2D eigenvalue weighted by Gasteiger charge is 2.52. The summed E-state index contributed by atoms with van der Waals surface area (Å²) in [6, 6.07) is 90.0. The fourth-order valence-corrected chi connectivity index (χ4v) is 13.2. The Bertz CT molecular complexity index is 3990. The normalized spacial score (nSPS) is 16.2. The first-order valence-corrected chi connectivity index (χ1v) is 25.3. The van der Waals surface area contributed by atoms with Crippen LogP contribution in [0, 0.1) is 0 Å². The molecule has 0 N–H and O–H groups in total. The number of anilines is 3. The van der Waals surface area contributed by atoms with Crippen LogP contribution in [0.4, 0.5) is 17.1 Å². The third-order valence-corrected chi connectivity index (χ3v) is 16.2. The lowest BCUT2D eigenvalue weighted by atomic mass is 9.65. The van der Waals surface area contributed by atoms with E-state index in [1.54, 1.807) is 0 Å². The Hall–Kier alpha value is -8.98. The zero-order valence-corrected chi connectivity index (χ0v) is 39.6. The van der Waals surface area contributed by atoms with Gasteiger partial charge in [0, 0.05) is 39.0 Å². The molecule has 0 aromatic heterocycles. The Balaban J connectivity index is 0.878. The summed E-state index contributed by atoms with van der Waals surface area (Å²) in [5.74, 6) is 1.87. The van der Waals surface area contributed by atoms with Crippen LogP contribution in [-0.4, -0.2) is 0 Å². The topological polar surface area (TPSA) is 12.5 Å². The first kappa shape index (κ1) is 40.9. The fraction of sp³-hybridized carbons (Fsp3) is 0.0571. The van der Waals surface area contributed by atoms with E-state index in [1.165, 1.54) is 88.7 Å². The summed E-state index contributed by atoms with van der Waals surface area (Å²) in [6.07, 6.45) is 9.30. The third-order valence-electron chi connectivity index (χ3n) is 16.2. The SMILES string of the molecule is C1=CC(C2(c3ccccc3)c3ccccc3-c3ccc(N(c4ccccc4)c4ccc(-c5ccc6c(c5)-c5ccccc5C65c6ccc7ccccc7c6Oc6c5ccc5ccccc65)cc4)cc32)=CCC1. The number of ether oxygens (including phenoxy) is 1. The van der Waals surface area contributed by atoms with Crippen LogP contribution in [0.5, 0.6) is 11.5 Å². The molecule has 2 heteroatoms. The molecule has 1 spiro atoms. The number of hydrogen-bond donors (Lipinski definition) is 0. The van der Waals surface area contributed by atoms with Crippen LogP contribution in [0.1, 0.15) is 51.8 Å². The Morgan fingerprint density at radius 2 is 0.875 bits per heavy atom. The Morgan fingerprint density at radius 1 is 0.347 bits per heavy atom. The highest BCUT2D eigenvalue weighted by Crippen LogP contribution is 2.64. The Labute approximate surface area is 420 Å². The maximum absolute atomic E-state index is 7.19. The second-order valence-corrected chi connectivity index (χ2v) is 19.7. The molecule has 1 unspecified atom stereocenters. The maximum atomic E-state index is 7.19. The predicted octanol–water partition coefficient (Wildman–Crippen LogP) is 18.2. The van der Waals surface area contributed by atoms with Gasteiger partial charge in [-0.05, 0) is 133 Å². The number of benzene rings is 11. The average molecular weight is 918 g/mol. The quantitative estimate of drug-likeness (QED) is 0.165. The van der Waals surface area contributed by atoms with Crippen LogP contribution < -0.4 is 9.64 Å². The van der Waals surface area contributed by atoms with Crippen molar-refractivity contribution >= 4 is 38.6 Å². The number of nitrogens with zero attached hydrogens (tertiary/aromatic N) is 1. The Morgan fingerprint density at radius 3 is 1.56 bits per heavy atom. The van der Waals surface area contributed by atoms with Crippen LogP contribution in [-0.2, 0) is 10.8 Å². The summed E-state index contributed by atoms with van der Waals surface area (Å²) in [5, 5.41) is 4.59. The van der Waals surface area contributed by atoms with Crippen molar-refractivity contribution in [1.29, 1.82) is 0 Å². The van der Waals surface area contributed by atoms with Crippen molar-refractivity contribution in [2.24, 2.45) is 0 Å². The molecule has 0 saturated heterocycles. The minimum atomic E-state index is -0.583. The van der Waals surface area contributed by atoms with E-state index in [9.17, 15) is 0 Å². The van der Waals surface area contributed by atoms with E-state index in [1.807, 2.05) is 0 Å². The monoisotopic (exact) mass is 917 g/mol. The van der Waals surface area contributed by atoms with Crippen LogP contribution in [0.25, 0.3) is 54.9 Å². The Kier molecular flexibility index (Phi) is 8.95. The summed E-state index contributed by atoms with van der Waals surface area (Å²) in [7, 11) is 0. The summed E-state index contributed by atoms with van der Waals surface area (Å²) < 4.78 is 7.19. The smallest absolute Gasteiger partial charge is 0.140 e. The molecular weight excluding hydrogens is 871 g/mol. The van der Waals surface area contributed by atoms with Gasteiger partial charge in [0.15, 0.2) is 0 Å². The molecule has 15 rings (SSSR count). The predicted molar refractivity (Wildman–Crippen MR) is 297 cm³/mol. The molecule has 11 aromatic rings. The number of allylic oxidation sites excluding steroid dienone is 4. The molecule has 0 fully saturated rings. The number of rotatable bonds is 6. The van der Waals surface area contributed by atoms with E-state index < -0.39 is 10.8 Å². The van der Waals surface area contributed by atoms with Crippen LogP contribution in [0.3, 0.4) is 0 Å². The summed E-state index contributed by atoms with van der Waals surface area (Å²) in [6.45, 7) is 0. The number of fused-ring (bicyclic) bond motifs is 16. The van der Waals surface area contributed by atoms with Crippen molar-refractivity contribution in [3.63, 3.8) is 0 Å². The largest absolute Gasteiger partial charge is 0.455 e. The summed E-state index contributed by atoms with van der Waals surface area (Å²) >= 11 is 0. The lowest BCUT2D eigenvalue weighted by Gasteiger charge is -2.40. The molecule has 0 radical (unpaired) electrons. The first-order chi connectivity index (χ1) is 35.7. The number of hydrogen-bond acceptors (Lipinski definition) is 2. The van der Waals surface area contributed by atoms with Gasteiger partial charge in [0.1, 0.15) is 11.5 Å². The minimum Gasteiger partial charge on any atom is -0.455 e. The summed E-state index contributed by atoms with van der Waals surface area (Å²) in [5.41, 5.74) is 19.9. The van der Waals surface area contributed by atoms with Crippen molar-refractivity contribution in [2.75, 3.05) is 4.90 Å². The van der Waals surface area contributed by atoms with Gasteiger partial charge in [-0.3, -0.25) is 0 Å². The van der Waals surface area contributed by atoms with Crippen molar-refractivity contribution in [1.82, 2.24) is 0 Å². The molecule has 0 bridgehead atoms. The van der Waals surface area contributed by atoms with E-state index in [4.69, 9.17) is 4.74 Å². The van der Waals surface area contributed by atoms with Crippen molar-refractivity contribution in [3.8, 4) is 44.9 Å². The van der Waals surface area contributed by atoms with Crippen molar-refractivity contribution < 1.29 is 4.74 Å². The molecule has 1 aliphatic heterocycles. The van der Waals surface area contributed by atoms with E-state index in [0.29, 0.717) is 0 Å². The minimum absolute atomic E-state index is 0.451. The van der Waals surface area contributed by atoms with Gasteiger partial charge in [0.2, 0.25) is 0 Å². The zero-order chi connectivity index (χ0) is 47.4. The van der Waals surface area contributed by atoms with E-state index in [-0.39, 0.29) is 0 Å². The van der Waals surface area contributed by atoms with E-state index in [2.05, 4.69) is 266 Å². The van der Waals surface area contributed by atoms with Gasteiger partial charge in [0.25, 0.3) is 0 Å². The van der Waals surface area contributed by atoms with Crippen molar-refractivity contribution in [3.05, 3.63) is 305 Å². The van der Waals surface area contributed by atoms with Gasteiger partial charge in [-0.1, -0.05) is 218 Å². The van der Waals surface area contributed by atoms with Crippen LogP contribution >= 0.6 is 0 Å². The van der Waals surface area contributed by atoms with Gasteiger partial charge in [-0.15, -0.1) is 0 Å². The second kappa shape index (κ2) is 15.8. The highest BCUT2D eigenvalue weighted by molar-refractivity contribution is 6.00. The van der Waals surface area contributed by atoms with Crippen LogP contribution in [0.15, 0.2) is 266 Å². The van der Waals surface area contributed by atoms with Gasteiger partial charge in [0.05, 0.1) is 10.8 Å². The standard InChI is InChI=1S/C70H47NO/c1-4-20-50(21-5-1)69(51-22-6-2-7-23-51)61-30-16-14-28-57(61)59-40-39-54(45-66(59)69)71(52-24-8-3-9-25-52)53-37-32-46(33-38-53)49-36-41-63-60(44-49)58-29-15-17-31-62(58)70(63)64-42-34-47-18-10-12-26-55(47)67(64)72-68-56-27-13-11-19-48(56)35-43-65(68)70/h1,3-6,8-45H,2,7H2. The van der Waals surface area contributed by atoms with E-state index in [0.717, 1.165) is 52.2 Å². The lowest BCUT2D eigenvalue weighted by molar-refractivity contribution is 0.447. The lowest BCUT2D eigenvalue weighted by Crippen LogP contribution is -2.32. The molecule has 0 saturated carbocycles. The molecule has 338 valence electrons. The molecular formula is C70H47NO. The maximum Gasteiger partial charge on any atom is 0.140 e. The van der Waals surface area contributed by atoms with Gasteiger partial charge >= 0.3 is 0 Å². The molecule has 3 aliphatic carbocycles. The molecule has 2 nitrogen and oxygen atoms in total.